The van der Waals surface area contributed by atoms with Gasteiger partial charge >= 0.3 is 0 Å². The number of hydrogen-bond donors (Lipinski definition) is 0. The molecule has 0 rings (SSSR count). The van der Waals surface area contributed by atoms with E-state index in [0.717, 1.165) is 12.8 Å². The van der Waals surface area contributed by atoms with Crippen molar-refractivity contribution in [3.63, 3.8) is 0 Å². The zero-order valence-corrected chi connectivity index (χ0v) is 12.1. The van der Waals surface area contributed by atoms with Crippen LogP contribution in [0.15, 0.2) is 18.2 Å². The molecule has 18 heavy (non-hydrogen) atoms. The van der Waals surface area contributed by atoms with Gasteiger partial charge < -0.3 is 0 Å². The topological polar surface area (TPSA) is 17.1 Å². The first kappa shape index (κ1) is 17.2. The summed E-state index contributed by atoms with van der Waals surface area (Å²) in [7, 11) is 0. The lowest BCUT2D eigenvalue weighted by Gasteiger charge is -2.01. The quantitative estimate of drug-likeness (QED) is 0.235. The van der Waals surface area contributed by atoms with Crippen molar-refractivity contribution in [3.8, 4) is 0 Å². The van der Waals surface area contributed by atoms with Crippen LogP contribution in [0.2, 0.25) is 0 Å². The van der Waals surface area contributed by atoms with Crippen LogP contribution in [0, 0.1) is 0 Å². The molecule has 0 saturated carbocycles. The third-order valence-corrected chi connectivity index (χ3v) is 3.23. The van der Waals surface area contributed by atoms with Gasteiger partial charge in [0.2, 0.25) is 0 Å². The maximum atomic E-state index is 9.91. The van der Waals surface area contributed by atoms with E-state index in [1.807, 2.05) is 0 Å². The molecular formula is C17H30O. The maximum Gasteiger partial charge on any atom is 0.120 e. The zero-order chi connectivity index (χ0) is 13.3. The minimum atomic E-state index is 0.737. The lowest BCUT2D eigenvalue weighted by molar-refractivity contribution is 0.557. The Balaban J connectivity index is 3.02. The van der Waals surface area contributed by atoms with Gasteiger partial charge in [0.1, 0.15) is 5.94 Å². The Hall–Kier alpha value is -0.810. The highest BCUT2D eigenvalue weighted by atomic mass is 16.1. The predicted octanol–water partition coefficient (Wildman–Crippen LogP) is 5.63. The summed E-state index contributed by atoms with van der Waals surface area (Å²) in [5.74, 6) is 1.78. The Morgan fingerprint density at radius 3 is 1.89 bits per heavy atom. The molecule has 0 aliphatic rings. The first-order valence-corrected chi connectivity index (χ1v) is 7.76. The van der Waals surface area contributed by atoms with Crippen molar-refractivity contribution in [2.75, 3.05) is 0 Å². The summed E-state index contributed by atoms with van der Waals surface area (Å²) in [4.78, 5) is 9.91. The molecule has 0 amide bonds. The number of hydrogen-bond acceptors (Lipinski definition) is 1. The van der Waals surface area contributed by atoms with Crippen LogP contribution in [0.4, 0.5) is 0 Å². The fraction of sp³-hybridized carbons (Fsp3) is 0.765. The predicted molar refractivity (Wildman–Crippen MR) is 80.5 cm³/mol. The van der Waals surface area contributed by atoms with E-state index < -0.39 is 0 Å². The molecule has 0 aromatic heterocycles. The van der Waals surface area contributed by atoms with E-state index in [-0.39, 0.29) is 0 Å². The Kier molecular flexibility index (Phi) is 15.5. The van der Waals surface area contributed by atoms with Crippen molar-refractivity contribution in [2.45, 2.75) is 84.0 Å². The molecule has 104 valence electrons. The first-order valence-electron chi connectivity index (χ1n) is 7.76. The van der Waals surface area contributed by atoms with E-state index >= 15 is 0 Å². The SMILES string of the molecule is CCCCCCCCCCCC/C=C/CC=C=O. The molecule has 0 radical (unpaired) electrons. The highest BCUT2D eigenvalue weighted by molar-refractivity contribution is 5.45. The second-order valence-electron chi connectivity index (χ2n) is 5.00. The molecule has 0 bridgehead atoms. The fourth-order valence-corrected chi connectivity index (χ4v) is 2.08. The monoisotopic (exact) mass is 250 g/mol. The molecule has 0 heterocycles. The summed E-state index contributed by atoms with van der Waals surface area (Å²) < 4.78 is 0. The number of unbranched alkanes of at least 4 members (excludes halogenated alkanes) is 10. The normalized spacial score (nSPS) is 10.7. The van der Waals surface area contributed by atoms with Crippen LogP contribution in [-0.4, -0.2) is 5.94 Å². The molecule has 0 aromatic carbocycles. The molecule has 0 fully saturated rings. The highest BCUT2D eigenvalue weighted by Gasteiger charge is 1.91. The average molecular weight is 250 g/mol. The Morgan fingerprint density at radius 2 is 1.33 bits per heavy atom. The van der Waals surface area contributed by atoms with Gasteiger partial charge in [-0.2, -0.15) is 0 Å². The second kappa shape index (κ2) is 16.2. The number of carbonyl (C=O) groups excluding carboxylic acids is 1. The maximum absolute atomic E-state index is 9.91. The van der Waals surface area contributed by atoms with Gasteiger partial charge in [0, 0.05) is 6.08 Å². The molecule has 0 aromatic rings. The molecule has 1 heteroatoms. The van der Waals surface area contributed by atoms with Crippen LogP contribution in [0.5, 0.6) is 0 Å². The van der Waals surface area contributed by atoms with Crippen LogP contribution in [0.1, 0.15) is 84.0 Å². The summed E-state index contributed by atoms with van der Waals surface area (Å²) >= 11 is 0. The van der Waals surface area contributed by atoms with E-state index in [0.29, 0.717) is 0 Å². The largest absolute Gasteiger partial charge is 0.234 e. The molecular weight excluding hydrogens is 220 g/mol. The van der Waals surface area contributed by atoms with Crippen LogP contribution in [-0.2, 0) is 4.79 Å². The number of rotatable bonds is 13. The van der Waals surface area contributed by atoms with E-state index in [2.05, 4.69) is 19.1 Å². The van der Waals surface area contributed by atoms with Crippen molar-refractivity contribution in [3.05, 3.63) is 18.2 Å². The van der Waals surface area contributed by atoms with Crippen molar-refractivity contribution >= 4 is 5.94 Å². The summed E-state index contributed by atoms with van der Waals surface area (Å²) in [5, 5.41) is 0. The molecule has 0 aliphatic carbocycles. The summed E-state index contributed by atoms with van der Waals surface area (Å²) in [5.41, 5.74) is 0. The summed E-state index contributed by atoms with van der Waals surface area (Å²) in [6.07, 6.45) is 21.5. The minimum Gasteiger partial charge on any atom is -0.234 e. The Labute approximate surface area is 113 Å². The minimum absolute atomic E-state index is 0.737. The molecule has 0 atom stereocenters. The van der Waals surface area contributed by atoms with Crippen LogP contribution < -0.4 is 0 Å². The Bertz CT molecular complexity index is 224. The lowest BCUT2D eigenvalue weighted by Crippen LogP contribution is -1.81. The van der Waals surface area contributed by atoms with E-state index in [1.165, 1.54) is 70.3 Å². The standard InChI is InChI=1S/C17H30O/c1-2-3-4-5-6-7-8-9-10-11-12-13-14-15-16-17-18/h13-14,16H,2-12,15H2,1H3/b14-13+. The third kappa shape index (κ3) is 15.2. The van der Waals surface area contributed by atoms with Gasteiger partial charge in [-0.1, -0.05) is 76.9 Å². The fourth-order valence-electron chi connectivity index (χ4n) is 2.08. The lowest BCUT2D eigenvalue weighted by atomic mass is 10.1. The van der Waals surface area contributed by atoms with Crippen LogP contribution in [0.25, 0.3) is 0 Å². The second-order valence-corrected chi connectivity index (χ2v) is 5.00. The Morgan fingerprint density at radius 1 is 0.778 bits per heavy atom. The van der Waals surface area contributed by atoms with E-state index in [9.17, 15) is 4.79 Å². The van der Waals surface area contributed by atoms with Crippen molar-refractivity contribution < 1.29 is 4.79 Å². The van der Waals surface area contributed by atoms with E-state index in [4.69, 9.17) is 0 Å². The van der Waals surface area contributed by atoms with Gasteiger partial charge in [-0.3, -0.25) is 0 Å². The van der Waals surface area contributed by atoms with Gasteiger partial charge in [-0.05, 0) is 19.3 Å². The smallest absolute Gasteiger partial charge is 0.120 e. The van der Waals surface area contributed by atoms with Gasteiger partial charge in [0.25, 0.3) is 0 Å². The van der Waals surface area contributed by atoms with Gasteiger partial charge in [-0.15, -0.1) is 0 Å². The highest BCUT2D eigenvalue weighted by Crippen LogP contribution is 2.11. The molecule has 0 saturated heterocycles. The van der Waals surface area contributed by atoms with Crippen molar-refractivity contribution in [1.29, 1.82) is 0 Å². The van der Waals surface area contributed by atoms with Gasteiger partial charge in [0.05, 0.1) is 0 Å². The molecule has 0 N–H and O–H groups in total. The summed E-state index contributed by atoms with van der Waals surface area (Å²) in [6, 6.07) is 0. The van der Waals surface area contributed by atoms with Crippen molar-refractivity contribution in [2.24, 2.45) is 0 Å². The van der Waals surface area contributed by atoms with Gasteiger partial charge in [-0.25, -0.2) is 4.79 Å². The molecule has 1 nitrogen and oxygen atoms in total. The molecule has 0 spiro atoms. The molecule has 0 aliphatic heterocycles. The van der Waals surface area contributed by atoms with Crippen LogP contribution in [0.3, 0.4) is 0 Å². The number of allylic oxidation sites excluding steroid dienone is 3. The van der Waals surface area contributed by atoms with Crippen molar-refractivity contribution in [1.82, 2.24) is 0 Å². The third-order valence-electron chi connectivity index (χ3n) is 3.23. The average Bonchev–Trinajstić information content (AvgIpc) is 2.39. The molecule has 0 unspecified atom stereocenters. The van der Waals surface area contributed by atoms with Gasteiger partial charge in [0.15, 0.2) is 0 Å². The summed E-state index contributed by atoms with van der Waals surface area (Å²) in [6.45, 7) is 2.27. The van der Waals surface area contributed by atoms with Crippen LogP contribution >= 0.6 is 0 Å². The first-order chi connectivity index (χ1) is 8.91. The zero-order valence-electron chi connectivity index (χ0n) is 12.1. The van der Waals surface area contributed by atoms with E-state index in [1.54, 1.807) is 5.94 Å².